The maximum absolute atomic E-state index is 12.8. The van der Waals surface area contributed by atoms with Crippen LogP contribution >= 0.6 is 0 Å². The largest absolute Gasteiger partial charge is 0.393 e. The van der Waals surface area contributed by atoms with Crippen molar-refractivity contribution in [2.45, 2.75) is 44.2 Å². The van der Waals surface area contributed by atoms with Crippen LogP contribution in [-0.4, -0.2) is 26.9 Å². The van der Waals surface area contributed by atoms with Gasteiger partial charge in [-0.25, -0.2) is 0 Å². The molecule has 5 nitrogen and oxygen atoms in total. The molecule has 1 amide bonds. The molecule has 1 aromatic heterocycles. The normalized spacial score (nSPS) is 23.4. The van der Waals surface area contributed by atoms with Crippen LogP contribution in [-0.2, 0) is 19.9 Å². The number of nitrogens with one attached hydrogen (secondary N) is 1. The standard InChI is InChI=1S/C19H23N3O2/c1-22-11-16(10-20-22)18(15-8-17(23)9-15)21-19(24)14-6-5-12-3-2-4-13(12)7-14/h5-7,10-11,15,17-18,23H,2-4,8-9H2,1H3,(H,21,24). The lowest BCUT2D eigenvalue weighted by molar-refractivity contribution is 0.0235. The van der Waals surface area contributed by atoms with Crippen LogP contribution in [0.5, 0.6) is 0 Å². The second-order valence-electron chi connectivity index (χ2n) is 7.12. The smallest absolute Gasteiger partial charge is 0.251 e. The average molecular weight is 325 g/mol. The molecule has 0 radical (unpaired) electrons. The van der Waals surface area contributed by atoms with Crippen LogP contribution in [0.3, 0.4) is 0 Å². The van der Waals surface area contributed by atoms with E-state index in [-0.39, 0.29) is 24.0 Å². The summed E-state index contributed by atoms with van der Waals surface area (Å²) in [6, 6.07) is 5.95. The van der Waals surface area contributed by atoms with Crippen molar-refractivity contribution < 1.29 is 9.90 Å². The number of nitrogens with zero attached hydrogens (tertiary/aromatic N) is 2. The van der Waals surface area contributed by atoms with Crippen molar-refractivity contribution >= 4 is 5.91 Å². The molecule has 4 rings (SSSR count). The molecule has 0 spiro atoms. The summed E-state index contributed by atoms with van der Waals surface area (Å²) >= 11 is 0. The number of fused-ring (bicyclic) bond motifs is 1. The Kier molecular flexibility index (Phi) is 3.88. The number of hydrogen-bond acceptors (Lipinski definition) is 3. The minimum Gasteiger partial charge on any atom is -0.393 e. The first kappa shape index (κ1) is 15.4. The first-order valence-corrected chi connectivity index (χ1v) is 8.69. The number of amides is 1. The maximum Gasteiger partial charge on any atom is 0.251 e. The van der Waals surface area contributed by atoms with Gasteiger partial charge in [-0.15, -0.1) is 0 Å². The summed E-state index contributed by atoms with van der Waals surface area (Å²) in [6.07, 6.45) is 8.32. The first-order valence-electron chi connectivity index (χ1n) is 8.69. The fourth-order valence-electron chi connectivity index (χ4n) is 3.91. The predicted octanol–water partition coefficient (Wildman–Crippen LogP) is 2.15. The van der Waals surface area contributed by atoms with Crippen molar-refractivity contribution in [3.63, 3.8) is 0 Å². The second kappa shape index (κ2) is 6.06. The molecule has 5 heteroatoms. The molecule has 1 unspecified atom stereocenters. The number of carbonyl (C=O) groups excluding carboxylic acids is 1. The number of hydrogen-bond donors (Lipinski definition) is 2. The van der Waals surface area contributed by atoms with E-state index in [1.54, 1.807) is 10.9 Å². The van der Waals surface area contributed by atoms with E-state index in [2.05, 4.69) is 16.5 Å². The zero-order valence-corrected chi connectivity index (χ0v) is 13.9. The molecule has 126 valence electrons. The van der Waals surface area contributed by atoms with E-state index < -0.39 is 0 Å². The van der Waals surface area contributed by atoms with Gasteiger partial charge in [-0.1, -0.05) is 6.07 Å². The number of aryl methyl sites for hydroxylation is 3. The topological polar surface area (TPSA) is 67.2 Å². The Morgan fingerprint density at radius 1 is 1.33 bits per heavy atom. The van der Waals surface area contributed by atoms with E-state index in [1.807, 2.05) is 25.4 Å². The van der Waals surface area contributed by atoms with Crippen molar-refractivity contribution in [3.05, 3.63) is 52.8 Å². The van der Waals surface area contributed by atoms with E-state index in [0.29, 0.717) is 0 Å². The summed E-state index contributed by atoms with van der Waals surface area (Å²) in [7, 11) is 1.87. The molecule has 1 fully saturated rings. The van der Waals surface area contributed by atoms with Gasteiger partial charge in [0.2, 0.25) is 0 Å². The zero-order chi connectivity index (χ0) is 16.7. The quantitative estimate of drug-likeness (QED) is 0.905. The summed E-state index contributed by atoms with van der Waals surface area (Å²) in [5.74, 6) is 0.225. The number of carbonyl (C=O) groups is 1. The lowest BCUT2D eigenvalue weighted by atomic mass is 9.75. The summed E-state index contributed by atoms with van der Waals surface area (Å²) in [4.78, 5) is 12.8. The van der Waals surface area contributed by atoms with Crippen LogP contribution < -0.4 is 5.32 Å². The molecule has 2 N–H and O–H groups in total. The highest BCUT2D eigenvalue weighted by Gasteiger charge is 2.36. The Labute approximate surface area is 141 Å². The molecule has 1 heterocycles. The fourth-order valence-corrected chi connectivity index (χ4v) is 3.91. The van der Waals surface area contributed by atoms with E-state index in [4.69, 9.17) is 0 Å². The van der Waals surface area contributed by atoms with E-state index in [0.717, 1.165) is 36.8 Å². The SMILES string of the molecule is Cn1cc(C(NC(=O)c2ccc3c(c2)CCC3)C2CC(O)C2)cn1. The van der Waals surface area contributed by atoms with Crippen LogP contribution in [0.4, 0.5) is 0 Å². The third-order valence-electron chi connectivity index (χ3n) is 5.35. The minimum atomic E-state index is -0.244. The highest BCUT2D eigenvalue weighted by atomic mass is 16.3. The van der Waals surface area contributed by atoms with Gasteiger partial charge in [0.1, 0.15) is 0 Å². The molecule has 1 aromatic carbocycles. The van der Waals surface area contributed by atoms with Crippen LogP contribution in [0.2, 0.25) is 0 Å². The molecule has 1 saturated carbocycles. The van der Waals surface area contributed by atoms with Crippen molar-refractivity contribution in [2.75, 3.05) is 0 Å². The number of rotatable bonds is 4. The Bertz CT molecular complexity index is 762. The zero-order valence-electron chi connectivity index (χ0n) is 13.9. The number of aliphatic hydroxyl groups is 1. The second-order valence-corrected chi connectivity index (χ2v) is 7.12. The summed E-state index contributed by atoms with van der Waals surface area (Å²) in [6.45, 7) is 0. The third-order valence-corrected chi connectivity index (χ3v) is 5.35. The summed E-state index contributed by atoms with van der Waals surface area (Å²) in [5.41, 5.74) is 4.41. The van der Waals surface area contributed by atoms with Gasteiger partial charge >= 0.3 is 0 Å². The van der Waals surface area contributed by atoms with Gasteiger partial charge in [-0.2, -0.15) is 5.10 Å². The highest BCUT2D eigenvalue weighted by Crippen LogP contribution is 2.38. The van der Waals surface area contributed by atoms with Crippen LogP contribution in [0.15, 0.2) is 30.6 Å². The molecular formula is C19H23N3O2. The highest BCUT2D eigenvalue weighted by molar-refractivity contribution is 5.94. The fraction of sp³-hybridized carbons (Fsp3) is 0.474. The van der Waals surface area contributed by atoms with Crippen LogP contribution in [0.25, 0.3) is 0 Å². The van der Waals surface area contributed by atoms with Gasteiger partial charge in [-0.3, -0.25) is 9.48 Å². The molecule has 24 heavy (non-hydrogen) atoms. The predicted molar refractivity (Wildman–Crippen MR) is 90.6 cm³/mol. The molecule has 0 bridgehead atoms. The summed E-state index contributed by atoms with van der Waals surface area (Å²) in [5, 5.41) is 17.0. The molecule has 1 atom stereocenters. The Morgan fingerprint density at radius 2 is 2.12 bits per heavy atom. The van der Waals surface area contributed by atoms with Crippen molar-refractivity contribution in [1.82, 2.24) is 15.1 Å². The van der Waals surface area contributed by atoms with Gasteiger partial charge in [0.25, 0.3) is 5.91 Å². The molecule has 0 aliphatic heterocycles. The molecular weight excluding hydrogens is 302 g/mol. The van der Waals surface area contributed by atoms with Gasteiger partial charge in [-0.05, 0) is 61.3 Å². The van der Waals surface area contributed by atoms with E-state index >= 15 is 0 Å². The van der Waals surface area contributed by atoms with Gasteiger partial charge in [0, 0.05) is 24.4 Å². The van der Waals surface area contributed by atoms with Crippen molar-refractivity contribution in [1.29, 1.82) is 0 Å². The monoisotopic (exact) mass is 325 g/mol. The minimum absolute atomic E-state index is 0.0417. The van der Waals surface area contributed by atoms with Crippen molar-refractivity contribution in [2.24, 2.45) is 13.0 Å². The molecule has 2 aliphatic rings. The maximum atomic E-state index is 12.8. The lowest BCUT2D eigenvalue weighted by Gasteiger charge is -2.37. The molecule has 2 aromatic rings. The van der Waals surface area contributed by atoms with Crippen LogP contribution in [0.1, 0.15) is 52.4 Å². The number of aliphatic hydroxyl groups excluding tert-OH is 1. The average Bonchev–Trinajstić information content (AvgIpc) is 3.17. The molecule has 2 aliphatic carbocycles. The lowest BCUT2D eigenvalue weighted by Crippen LogP contribution is -2.41. The van der Waals surface area contributed by atoms with Gasteiger partial charge in [0.15, 0.2) is 0 Å². The Morgan fingerprint density at radius 3 is 2.83 bits per heavy atom. The van der Waals surface area contributed by atoms with Crippen LogP contribution in [0, 0.1) is 5.92 Å². The first-order chi connectivity index (χ1) is 11.6. The van der Waals surface area contributed by atoms with Gasteiger partial charge in [0.05, 0.1) is 18.3 Å². The Balaban J connectivity index is 1.54. The van der Waals surface area contributed by atoms with Gasteiger partial charge < -0.3 is 10.4 Å². The van der Waals surface area contributed by atoms with Crippen molar-refractivity contribution in [3.8, 4) is 0 Å². The van der Waals surface area contributed by atoms with E-state index in [9.17, 15) is 9.90 Å². The number of benzene rings is 1. The molecule has 0 saturated heterocycles. The third kappa shape index (κ3) is 2.84. The number of aromatic nitrogens is 2. The summed E-state index contributed by atoms with van der Waals surface area (Å²) < 4.78 is 1.75. The Hall–Kier alpha value is -2.14. The van der Waals surface area contributed by atoms with E-state index in [1.165, 1.54) is 17.5 Å².